The van der Waals surface area contributed by atoms with Gasteiger partial charge in [0.05, 0.1) is 0 Å². The Bertz CT molecular complexity index is 957. The molecule has 1 atom stereocenters. The van der Waals surface area contributed by atoms with Crippen LogP contribution in [0.1, 0.15) is 69.5 Å². The quantitative estimate of drug-likeness (QED) is 0.548. The smallest absolute Gasteiger partial charge is 0.326 e. The second-order valence-electron chi connectivity index (χ2n) is 10.9. The summed E-state index contributed by atoms with van der Waals surface area (Å²) in [6, 6.07) is 4.34. The molecule has 198 valence electrons. The highest BCUT2D eigenvalue weighted by Gasteiger charge is 2.36. The number of anilines is 1. The molecule has 1 unspecified atom stereocenters. The predicted molar refractivity (Wildman–Crippen MR) is 136 cm³/mol. The lowest BCUT2D eigenvalue weighted by Crippen LogP contribution is -2.48. The fourth-order valence-electron chi connectivity index (χ4n) is 5.38. The van der Waals surface area contributed by atoms with Crippen molar-refractivity contribution in [3.8, 4) is 0 Å². The van der Waals surface area contributed by atoms with E-state index in [1.807, 2.05) is 18.7 Å². The first-order chi connectivity index (χ1) is 17.3. The number of esters is 1. The molecule has 1 aromatic rings. The van der Waals surface area contributed by atoms with Crippen molar-refractivity contribution in [3.05, 3.63) is 23.4 Å². The fourth-order valence-corrected chi connectivity index (χ4v) is 5.38. The Morgan fingerprint density at radius 1 is 1.17 bits per heavy atom. The number of pyridine rings is 1. The number of fused-ring (bicyclic) bond motifs is 1. The first-order valence-corrected chi connectivity index (χ1v) is 13.3. The van der Waals surface area contributed by atoms with Crippen molar-refractivity contribution in [1.82, 2.24) is 14.8 Å². The van der Waals surface area contributed by atoms with Gasteiger partial charge in [-0.05, 0) is 57.6 Å². The van der Waals surface area contributed by atoms with Crippen LogP contribution in [0.4, 0.5) is 5.82 Å². The highest BCUT2D eigenvalue weighted by molar-refractivity contribution is 5.89. The van der Waals surface area contributed by atoms with Gasteiger partial charge in [-0.15, -0.1) is 0 Å². The van der Waals surface area contributed by atoms with Gasteiger partial charge in [-0.2, -0.15) is 0 Å². The summed E-state index contributed by atoms with van der Waals surface area (Å²) in [5.41, 5.74) is 1.74. The molecule has 3 aliphatic heterocycles. The van der Waals surface area contributed by atoms with E-state index in [0.29, 0.717) is 45.0 Å². The van der Waals surface area contributed by atoms with Crippen LogP contribution in [-0.4, -0.2) is 84.6 Å². The highest BCUT2D eigenvalue weighted by atomic mass is 16.6. The van der Waals surface area contributed by atoms with Crippen molar-refractivity contribution < 1.29 is 23.9 Å². The van der Waals surface area contributed by atoms with E-state index >= 15 is 0 Å². The molecule has 1 aromatic heterocycles. The fraction of sp³-hybridized carbons (Fsp3) is 0.704. The van der Waals surface area contributed by atoms with Crippen LogP contribution in [0.3, 0.4) is 0 Å². The van der Waals surface area contributed by atoms with Crippen molar-refractivity contribution in [2.45, 2.75) is 70.3 Å². The average Bonchev–Trinajstić information content (AvgIpc) is 2.87. The van der Waals surface area contributed by atoms with Crippen LogP contribution in [0.25, 0.3) is 0 Å². The number of aryl methyl sites for hydroxylation is 1. The Morgan fingerprint density at radius 2 is 1.94 bits per heavy atom. The van der Waals surface area contributed by atoms with Gasteiger partial charge in [0.1, 0.15) is 18.0 Å². The standard InChI is InChI=1S/C27H40N4O5/c1-27(2,11-16-35-3)36-24(33)18-31-15-10-21(17-23(31)32)26(34)30-13-8-19(9-14-30)22-7-6-20-5-4-12-28-25(20)29-22/h6-7,19,21H,4-5,8-18H2,1-3H3,(H,28,29). The largest absolute Gasteiger partial charge is 0.458 e. The number of likely N-dealkylation sites (tertiary alicyclic amines) is 2. The third-order valence-electron chi connectivity index (χ3n) is 7.63. The lowest BCUT2D eigenvalue weighted by atomic mass is 9.89. The Balaban J connectivity index is 1.23. The van der Waals surface area contributed by atoms with Crippen molar-refractivity contribution in [2.24, 2.45) is 5.92 Å². The zero-order valence-electron chi connectivity index (χ0n) is 21.9. The van der Waals surface area contributed by atoms with Gasteiger partial charge in [0.25, 0.3) is 0 Å². The minimum Gasteiger partial charge on any atom is -0.458 e. The second-order valence-corrected chi connectivity index (χ2v) is 10.9. The van der Waals surface area contributed by atoms with Crippen LogP contribution in [-0.2, 0) is 30.3 Å². The molecule has 0 saturated carbocycles. The van der Waals surface area contributed by atoms with Gasteiger partial charge >= 0.3 is 5.97 Å². The average molecular weight is 501 g/mol. The van der Waals surface area contributed by atoms with Crippen LogP contribution in [0.2, 0.25) is 0 Å². The molecule has 4 rings (SSSR count). The summed E-state index contributed by atoms with van der Waals surface area (Å²) in [6.07, 6.45) is 5.29. The maximum Gasteiger partial charge on any atom is 0.326 e. The van der Waals surface area contributed by atoms with Gasteiger partial charge in [0, 0.05) is 70.3 Å². The molecule has 0 radical (unpaired) electrons. The van der Waals surface area contributed by atoms with Crippen LogP contribution < -0.4 is 5.32 Å². The molecule has 0 aromatic carbocycles. The molecule has 9 nitrogen and oxygen atoms in total. The summed E-state index contributed by atoms with van der Waals surface area (Å²) in [7, 11) is 1.61. The summed E-state index contributed by atoms with van der Waals surface area (Å²) in [4.78, 5) is 46.6. The maximum atomic E-state index is 13.2. The van der Waals surface area contributed by atoms with Gasteiger partial charge in [-0.25, -0.2) is 4.98 Å². The van der Waals surface area contributed by atoms with E-state index in [1.54, 1.807) is 7.11 Å². The zero-order chi connectivity index (χ0) is 25.7. The van der Waals surface area contributed by atoms with Gasteiger partial charge in [0.2, 0.25) is 11.8 Å². The first kappa shape index (κ1) is 26.4. The summed E-state index contributed by atoms with van der Waals surface area (Å²) in [5, 5.41) is 3.40. The van der Waals surface area contributed by atoms with Gasteiger partial charge in [-0.3, -0.25) is 14.4 Å². The first-order valence-electron chi connectivity index (χ1n) is 13.3. The van der Waals surface area contributed by atoms with E-state index in [4.69, 9.17) is 14.5 Å². The van der Waals surface area contributed by atoms with Gasteiger partial charge in [0.15, 0.2) is 0 Å². The van der Waals surface area contributed by atoms with E-state index in [0.717, 1.165) is 43.7 Å². The summed E-state index contributed by atoms with van der Waals surface area (Å²) in [5.74, 6) is 0.528. The molecule has 2 fully saturated rings. The summed E-state index contributed by atoms with van der Waals surface area (Å²) < 4.78 is 10.6. The lowest BCUT2D eigenvalue weighted by Gasteiger charge is -2.37. The van der Waals surface area contributed by atoms with E-state index in [1.165, 1.54) is 10.5 Å². The number of aromatic nitrogens is 1. The molecule has 0 aliphatic carbocycles. The Hall–Kier alpha value is -2.68. The van der Waals surface area contributed by atoms with Crippen molar-refractivity contribution in [1.29, 1.82) is 0 Å². The molecule has 0 spiro atoms. The number of carbonyl (C=O) groups is 3. The summed E-state index contributed by atoms with van der Waals surface area (Å²) in [6.45, 7) is 6.82. The number of piperidine rings is 2. The molecular weight excluding hydrogens is 460 g/mol. The van der Waals surface area contributed by atoms with E-state index in [-0.39, 0.29) is 30.7 Å². The third-order valence-corrected chi connectivity index (χ3v) is 7.63. The van der Waals surface area contributed by atoms with Crippen molar-refractivity contribution in [3.63, 3.8) is 0 Å². The molecule has 4 heterocycles. The molecule has 36 heavy (non-hydrogen) atoms. The molecule has 1 N–H and O–H groups in total. The number of nitrogens with zero attached hydrogens (tertiary/aromatic N) is 3. The van der Waals surface area contributed by atoms with E-state index in [2.05, 4.69) is 17.4 Å². The molecule has 9 heteroatoms. The van der Waals surface area contributed by atoms with Crippen LogP contribution in [0.5, 0.6) is 0 Å². The number of carbonyl (C=O) groups excluding carboxylic acids is 3. The second kappa shape index (κ2) is 11.6. The van der Waals surface area contributed by atoms with Crippen molar-refractivity contribution in [2.75, 3.05) is 51.8 Å². The number of hydrogen-bond acceptors (Lipinski definition) is 7. The number of rotatable bonds is 8. The Morgan fingerprint density at radius 3 is 2.67 bits per heavy atom. The topological polar surface area (TPSA) is 101 Å². The normalized spacial score (nSPS) is 21.1. The van der Waals surface area contributed by atoms with E-state index < -0.39 is 11.6 Å². The van der Waals surface area contributed by atoms with Crippen LogP contribution in [0.15, 0.2) is 12.1 Å². The number of ether oxygens (including phenoxy) is 2. The van der Waals surface area contributed by atoms with E-state index in [9.17, 15) is 14.4 Å². The Labute approximate surface area is 213 Å². The Kier molecular flexibility index (Phi) is 8.49. The lowest BCUT2D eigenvalue weighted by molar-refractivity contribution is -0.163. The molecule has 3 aliphatic rings. The minimum absolute atomic E-state index is 0.0600. The van der Waals surface area contributed by atoms with Gasteiger partial charge in [-0.1, -0.05) is 6.07 Å². The summed E-state index contributed by atoms with van der Waals surface area (Å²) >= 11 is 0. The number of hydrogen-bond donors (Lipinski definition) is 1. The van der Waals surface area contributed by atoms with Crippen molar-refractivity contribution >= 4 is 23.6 Å². The maximum absolute atomic E-state index is 13.2. The molecule has 0 bridgehead atoms. The zero-order valence-corrected chi connectivity index (χ0v) is 21.9. The van der Waals surface area contributed by atoms with Gasteiger partial charge < -0.3 is 24.6 Å². The third kappa shape index (κ3) is 6.55. The number of nitrogens with one attached hydrogen (secondary N) is 1. The molecule has 2 saturated heterocycles. The highest BCUT2D eigenvalue weighted by Crippen LogP contribution is 2.31. The number of methoxy groups -OCH3 is 1. The van der Waals surface area contributed by atoms with Crippen LogP contribution in [0, 0.1) is 5.92 Å². The molecular formula is C27H40N4O5. The monoisotopic (exact) mass is 500 g/mol. The predicted octanol–water partition coefficient (Wildman–Crippen LogP) is 2.74. The molecule has 2 amide bonds. The van der Waals surface area contributed by atoms with Crippen LogP contribution >= 0.6 is 0 Å². The SMILES string of the molecule is COCCC(C)(C)OC(=O)CN1CCC(C(=O)N2CCC(c3ccc4c(n3)NCCC4)CC2)CC1=O. The minimum atomic E-state index is -0.651. The number of amides is 2.